The molecule has 1 amide bonds. The maximum atomic E-state index is 12.1. The number of nitrogens with one attached hydrogen (secondary N) is 2. The van der Waals surface area contributed by atoms with Crippen LogP contribution in [0.25, 0.3) is 11.6 Å². The van der Waals surface area contributed by atoms with Gasteiger partial charge in [-0.2, -0.15) is 0 Å². The highest BCUT2D eigenvalue weighted by Gasteiger charge is 2.24. The molecule has 2 aromatic rings. The first-order chi connectivity index (χ1) is 10.1. The second-order valence-corrected chi connectivity index (χ2v) is 4.83. The van der Waals surface area contributed by atoms with Crippen LogP contribution in [0.4, 0.5) is 5.69 Å². The average Bonchev–Trinajstić information content (AvgIpc) is 3.00. The van der Waals surface area contributed by atoms with E-state index in [0.717, 1.165) is 22.5 Å². The number of para-hydroxylation sites is 1. The minimum atomic E-state index is -0.431. The number of H-pyrrole nitrogens is 1. The summed E-state index contributed by atoms with van der Waals surface area (Å²) in [4.78, 5) is 26.6. The number of esters is 1. The van der Waals surface area contributed by atoms with Crippen molar-refractivity contribution < 1.29 is 14.3 Å². The standard InChI is InChI=1S/C16H14N2O3.CH4/c1-9-7-14(16(20)21-2)17-13(9)8-11-10-5-3-4-6-12(10)18-15(11)19;/h3-8,17H,1-2H3,(H,18,19);1H4/b11-8-;. The summed E-state index contributed by atoms with van der Waals surface area (Å²) in [5.74, 6) is -0.580. The molecule has 0 saturated heterocycles. The van der Waals surface area contributed by atoms with E-state index < -0.39 is 5.97 Å². The monoisotopic (exact) mass is 298 g/mol. The molecule has 5 heteroatoms. The highest BCUT2D eigenvalue weighted by atomic mass is 16.5. The molecule has 0 radical (unpaired) electrons. The molecule has 0 aliphatic carbocycles. The van der Waals surface area contributed by atoms with E-state index in [2.05, 4.69) is 15.0 Å². The van der Waals surface area contributed by atoms with E-state index in [1.165, 1.54) is 7.11 Å². The number of amides is 1. The molecule has 0 fully saturated rings. The van der Waals surface area contributed by atoms with Gasteiger partial charge in [0.15, 0.2) is 0 Å². The Bertz CT molecular complexity index is 772. The van der Waals surface area contributed by atoms with Gasteiger partial charge in [-0.25, -0.2) is 4.79 Å². The largest absolute Gasteiger partial charge is 0.464 e. The summed E-state index contributed by atoms with van der Waals surface area (Å²) in [7, 11) is 1.33. The summed E-state index contributed by atoms with van der Waals surface area (Å²) < 4.78 is 4.68. The lowest BCUT2D eigenvalue weighted by molar-refractivity contribution is -0.110. The fourth-order valence-corrected chi connectivity index (χ4v) is 2.37. The quantitative estimate of drug-likeness (QED) is 0.660. The minimum Gasteiger partial charge on any atom is -0.464 e. The van der Waals surface area contributed by atoms with Gasteiger partial charge in [0.2, 0.25) is 0 Å². The number of aryl methyl sites for hydroxylation is 1. The number of carbonyl (C=O) groups excluding carboxylic acids is 2. The number of aromatic nitrogens is 1. The third-order valence-corrected chi connectivity index (χ3v) is 3.46. The van der Waals surface area contributed by atoms with E-state index in [1.54, 1.807) is 12.1 Å². The molecule has 2 N–H and O–H groups in total. The van der Waals surface area contributed by atoms with Crippen molar-refractivity contribution in [2.45, 2.75) is 14.4 Å². The number of benzene rings is 1. The highest BCUT2D eigenvalue weighted by Crippen LogP contribution is 2.33. The van der Waals surface area contributed by atoms with Gasteiger partial charge < -0.3 is 15.0 Å². The van der Waals surface area contributed by atoms with Gasteiger partial charge in [0.05, 0.1) is 12.7 Å². The molecule has 1 aromatic heterocycles. The van der Waals surface area contributed by atoms with Gasteiger partial charge in [-0.3, -0.25) is 4.79 Å². The lowest BCUT2D eigenvalue weighted by atomic mass is 10.1. The van der Waals surface area contributed by atoms with E-state index in [9.17, 15) is 9.59 Å². The molecule has 0 atom stereocenters. The van der Waals surface area contributed by atoms with Gasteiger partial charge >= 0.3 is 5.97 Å². The number of methoxy groups -OCH3 is 1. The Morgan fingerprint density at radius 1 is 1.27 bits per heavy atom. The smallest absolute Gasteiger partial charge is 0.354 e. The third-order valence-electron chi connectivity index (χ3n) is 3.46. The van der Waals surface area contributed by atoms with Crippen molar-refractivity contribution in [2.24, 2.45) is 0 Å². The molecule has 3 rings (SSSR count). The SMILES string of the molecule is C.COC(=O)c1cc(C)c(/C=C2\C(=O)Nc3ccccc32)[nH]1. The third kappa shape index (κ3) is 2.53. The highest BCUT2D eigenvalue weighted by molar-refractivity contribution is 6.34. The molecular formula is C17H18N2O3. The zero-order chi connectivity index (χ0) is 15.0. The number of anilines is 1. The Morgan fingerprint density at radius 2 is 2.00 bits per heavy atom. The predicted molar refractivity (Wildman–Crippen MR) is 86.5 cm³/mol. The zero-order valence-electron chi connectivity index (χ0n) is 11.7. The van der Waals surface area contributed by atoms with Crippen LogP contribution >= 0.6 is 0 Å². The number of fused-ring (bicyclic) bond motifs is 1. The van der Waals surface area contributed by atoms with Gasteiger partial charge in [0.25, 0.3) is 5.91 Å². The van der Waals surface area contributed by atoms with Crippen molar-refractivity contribution in [3.05, 3.63) is 52.8 Å². The van der Waals surface area contributed by atoms with Crippen molar-refractivity contribution in [3.8, 4) is 0 Å². The fourth-order valence-electron chi connectivity index (χ4n) is 2.37. The lowest BCUT2D eigenvalue weighted by Gasteiger charge is -1.98. The summed E-state index contributed by atoms with van der Waals surface area (Å²) >= 11 is 0. The van der Waals surface area contributed by atoms with Crippen LogP contribution in [-0.4, -0.2) is 24.0 Å². The Hall–Kier alpha value is -2.82. The van der Waals surface area contributed by atoms with Crippen molar-refractivity contribution >= 4 is 29.2 Å². The number of hydrogen-bond acceptors (Lipinski definition) is 3. The molecular weight excluding hydrogens is 280 g/mol. The molecule has 0 bridgehead atoms. The minimum absolute atomic E-state index is 0. The molecule has 0 saturated carbocycles. The Kier molecular flexibility index (Phi) is 4.17. The van der Waals surface area contributed by atoms with Gasteiger partial charge in [-0.05, 0) is 30.7 Å². The van der Waals surface area contributed by atoms with E-state index in [4.69, 9.17) is 0 Å². The van der Waals surface area contributed by atoms with Gasteiger partial charge in [0, 0.05) is 16.9 Å². The molecule has 22 heavy (non-hydrogen) atoms. The van der Waals surface area contributed by atoms with Gasteiger partial charge in [0.1, 0.15) is 5.69 Å². The summed E-state index contributed by atoms with van der Waals surface area (Å²) in [6.45, 7) is 1.87. The number of rotatable bonds is 2. The van der Waals surface area contributed by atoms with Crippen LogP contribution in [-0.2, 0) is 9.53 Å². The summed E-state index contributed by atoms with van der Waals surface area (Å²) in [5.41, 5.74) is 4.19. The second-order valence-electron chi connectivity index (χ2n) is 4.83. The van der Waals surface area contributed by atoms with Crippen molar-refractivity contribution in [1.82, 2.24) is 4.98 Å². The van der Waals surface area contributed by atoms with Gasteiger partial charge in [-0.1, -0.05) is 25.6 Å². The van der Waals surface area contributed by atoms with Crippen LogP contribution in [0.15, 0.2) is 30.3 Å². The van der Waals surface area contributed by atoms with E-state index >= 15 is 0 Å². The lowest BCUT2D eigenvalue weighted by Crippen LogP contribution is -2.04. The molecule has 0 spiro atoms. The van der Waals surface area contributed by atoms with E-state index in [0.29, 0.717) is 11.3 Å². The Labute approximate surface area is 129 Å². The summed E-state index contributed by atoms with van der Waals surface area (Å²) in [6.07, 6.45) is 1.75. The Morgan fingerprint density at radius 3 is 2.73 bits per heavy atom. The fraction of sp³-hybridized carbons (Fsp3) is 0.176. The molecule has 0 unspecified atom stereocenters. The molecule has 1 aliphatic heterocycles. The van der Waals surface area contributed by atoms with Crippen molar-refractivity contribution in [3.63, 3.8) is 0 Å². The summed E-state index contributed by atoms with van der Waals surface area (Å²) in [6, 6.07) is 9.21. The van der Waals surface area contributed by atoms with Crippen LogP contribution in [0.3, 0.4) is 0 Å². The summed E-state index contributed by atoms with van der Waals surface area (Å²) in [5, 5.41) is 2.82. The van der Waals surface area contributed by atoms with E-state index in [1.807, 2.05) is 31.2 Å². The maximum Gasteiger partial charge on any atom is 0.354 e. The number of ether oxygens (including phenoxy) is 1. The normalized spacial score (nSPS) is 14.3. The van der Waals surface area contributed by atoms with Crippen molar-refractivity contribution in [2.75, 3.05) is 12.4 Å². The number of hydrogen-bond donors (Lipinski definition) is 2. The molecule has 1 aromatic carbocycles. The molecule has 5 nitrogen and oxygen atoms in total. The molecule has 2 heterocycles. The topological polar surface area (TPSA) is 71.2 Å². The van der Waals surface area contributed by atoms with Crippen molar-refractivity contribution in [1.29, 1.82) is 0 Å². The number of aromatic amines is 1. The van der Waals surface area contributed by atoms with Gasteiger partial charge in [-0.15, -0.1) is 0 Å². The first kappa shape index (κ1) is 15.6. The first-order valence-corrected chi connectivity index (χ1v) is 6.50. The first-order valence-electron chi connectivity index (χ1n) is 6.50. The maximum absolute atomic E-state index is 12.1. The number of carbonyl (C=O) groups is 2. The zero-order valence-corrected chi connectivity index (χ0v) is 11.7. The van der Waals surface area contributed by atoms with Crippen LogP contribution in [0.2, 0.25) is 0 Å². The van der Waals surface area contributed by atoms with Crippen LogP contribution in [0.5, 0.6) is 0 Å². The molecule has 114 valence electrons. The Balaban J connectivity index is 0.00000176. The second kappa shape index (κ2) is 5.89. The van der Waals surface area contributed by atoms with Crippen LogP contribution in [0.1, 0.15) is 34.7 Å². The average molecular weight is 298 g/mol. The van der Waals surface area contributed by atoms with Crippen LogP contribution < -0.4 is 5.32 Å². The van der Waals surface area contributed by atoms with Crippen LogP contribution in [0, 0.1) is 6.92 Å². The predicted octanol–water partition coefficient (Wildman–Crippen LogP) is 3.24. The van der Waals surface area contributed by atoms with E-state index in [-0.39, 0.29) is 13.3 Å². The molecule has 1 aliphatic rings.